The number of carbonyl (C=O) groups excluding carboxylic acids is 1. The van der Waals surface area contributed by atoms with Crippen LogP contribution in [0.25, 0.3) is 0 Å². The molecule has 6 nitrogen and oxygen atoms in total. The van der Waals surface area contributed by atoms with Crippen molar-refractivity contribution >= 4 is 39.0 Å². The largest absolute Gasteiger partial charge is 0.398 e. The van der Waals surface area contributed by atoms with Crippen LogP contribution in [0.1, 0.15) is 12.5 Å². The molecule has 0 spiro atoms. The first kappa shape index (κ1) is 19.3. The summed E-state index contributed by atoms with van der Waals surface area (Å²) in [6.07, 6.45) is 1.64. The first-order valence-corrected chi connectivity index (χ1v) is 9.96. The van der Waals surface area contributed by atoms with Crippen LogP contribution in [0.5, 0.6) is 0 Å². The summed E-state index contributed by atoms with van der Waals surface area (Å²) in [6.45, 7) is 1.39. The van der Waals surface area contributed by atoms with Gasteiger partial charge in [0, 0.05) is 30.1 Å². The van der Waals surface area contributed by atoms with E-state index >= 15 is 0 Å². The van der Waals surface area contributed by atoms with Crippen LogP contribution >= 0.6 is 0 Å². The van der Waals surface area contributed by atoms with E-state index in [1.165, 1.54) is 31.2 Å². The van der Waals surface area contributed by atoms with Crippen LogP contribution in [0.15, 0.2) is 87.6 Å². The highest BCUT2D eigenvalue weighted by Gasteiger charge is 2.17. The van der Waals surface area contributed by atoms with Crippen molar-refractivity contribution in [1.29, 1.82) is 0 Å². The Kier molecular flexibility index (Phi) is 5.56. The Labute approximate surface area is 163 Å². The normalized spacial score (nSPS) is 11.5. The number of hydrogen-bond donors (Lipinski definition) is 2. The molecular weight excluding hydrogens is 374 g/mol. The molecule has 142 valence electrons. The lowest BCUT2D eigenvalue weighted by Gasteiger charge is -2.07. The van der Waals surface area contributed by atoms with Gasteiger partial charge in [-0.2, -0.15) is 0 Å². The van der Waals surface area contributed by atoms with Gasteiger partial charge in [-0.3, -0.25) is 9.79 Å². The third-order valence-electron chi connectivity index (χ3n) is 3.98. The van der Waals surface area contributed by atoms with Gasteiger partial charge in [-0.1, -0.05) is 18.2 Å². The predicted molar refractivity (Wildman–Crippen MR) is 111 cm³/mol. The summed E-state index contributed by atoms with van der Waals surface area (Å²) in [4.78, 5) is 15.7. The van der Waals surface area contributed by atoms with Gasteiger partial charge in [0.2, 0.25) is 15.7 Å². The molecule has 0 radical (unpaired) electrons. The van der Waals surface area contributed by atoms with Gasteiger partial charge >= 0.3 is 0 Å². The van der Waals surface area contributed by atoms with Gasteiger partial charge in [-0.25, -0.2) is 8.42 Å². The van der Waals surface area contributed by atoms with Gasteiger partial charge in [0.15, 0.2) is 0 Å². The number of benzene rings is 3. The van der Waals surface area contributed by atoms with E-state index in [0.717, 1.165) is 5.56 Å². The summed E-state index contributed by atoms with van der Waals surface area (Å²) < 4.78 is 25.5. The molecule has 3 aromatic rings. The number of aliphatic imine (C=N–C) groups is 1. The fourth-order valence-corrected chi connectivity index (χ4v) is 3.80. The summed E-state index contributed by atoms with van der Waals surface area (Å²) in [5.41, 5.74) is 8.44. The smallest absolute Gasteiger partial charge is 0.221 e. The number of nitrogens with zero attached hydrogens (tertiary/aromatic N) is 1. The molecule has 0 aliphatic carbocycles. The standard InChI is InChI=1S/C21H19N3O3S/c1-15(25)24-18-8-12-20(13-9-18)28(26,27)19-10-6-17(7-11-19)23-14-16-4-2-3-5-21(16)22/h2-14H,22H2,1H3,(H,24,25). The molecule has 0 aliphatic heterocycles. The SMILES string of the molecule is CC(=O)Nc1ccc(S(=O)(=O)c2ccc(N=Cc3ccccc3N)cc2)cc1. The third kappa shape index (κ3) is 4.44. The van der Waals surface area contributed by atoms with Crippen molar-refractivity contribution in [2.45, 2.75) is 16.7 Å². The first-order chi connectivity index (χ1) is 13.4. The number of carbonyl (C=O) groups is 1. The van der Waals surface area contributed by atoms with Crippen molar-refractivity contribution in [2.75, 3.05) is 11.1 Å². The molecule has 0 unspecified atom stereocenters. The number of amides is 1. The molecule has 0 saturated heterocycles. The van der Waals surface area contributed by atoms with E-state index in [9.17, 15) is 13.2 Å². The maximum absolute atomic E-state index is 12.8. The van der Waals surface area contributed by atoms with E-state index in [1.54, 1.807) is 36.5 Å². The minimum Gasteiger partial charge on any atom is -0.398 e. The quantitative estimate of drug-likeness (QED) is 0.508. The van der Waals surface area contributed by atoms with Crippen molar-refractivity contribution in [1.82, 2.24) is 0 Å². The Bertz CT molecular complexity index is 1120. The van der Waals surface area contributed by atoms with Crippen LogP contribution in [0, 0.1) is 0 Å². The highest BCUT2D eigenvalue weighted by Crippen LogP contribution is 2.24. The van der Waals surface area contributed by atoms with Crippen LogP contribution < -0.4 is 11.1 Å². The van der Waals surface area contributed by atoms with Gasteiger partial charge in [0.1, 0.15) is 0 Å². The Morgan fingerprint density at radius 1 is 0.929 bits per heavy atom. The average Bonchev–Trinajstić information content (AvgIpc) is 2.68. The Balaban J connectivity index is 1.80. The maximum Gasteiger partial charge on any atom is 0.221 e. The number of nitrogens with two attached hydrogens (primary N) is 1. The molecule has 3 rings (SSSR count). The summed E-state index contributed by atoms with van der Waals surface area (Å²) in [5.74, 6) is -0.219. The number of anilines is 2. The Morgan fingerprint density at radius 3 is 2.07 bits per heavy atom. The minimum atomic E-state index is -3.66. The number of hydrogen-bond acceptors (Lipinski definition) is 5. The monoisotopic (exact) mass is 393 g/mol. The summed E-state index contributed by atoms with van der Waals surface area (Å²) >= 11 is 0. The van der Waals surface area contributed by atoms with Gasteiger partial charge in [-0.15, -0.1) is 0 Å². The van der Waals surface area contributed by atoms with Crippen molar-refractivity contribution in [3.63, 3.8) is 0 Å². The van der Waals surface area contributed by atoms with E-state index in [1.807, 2.05) is 18.2 Å². The third-order valence-corrected chi connectivity index (χ3v) is 5.77. The van der Waals surface area contributed by atoms with Crippen LogP contribution in [0.2, 0.25) is 0 Å². The van der Waals surface area contributed by atoms with E-state index in [4.69, 9.17) is 5.73 Å². The van der Waals surface area contributed by atoms with Gasteiger partial charge in [0.25, 0.3) is 0 Å². The molecule has 0 saturated carbocycles. The molecule has 3 N–H and O–H groups in total. The number of nitrogens with one attached hydrogen (secondary N) is 1. The van der Waals surface area contributed by atoms with Crippen molar-refractivity contribution < 1.29 is 13.2 Å². The molecule has 7 heteroatoms. The number of rotatable bonds is 5. The van der Waals surface area contributed by atoms with Gasteiger partial charge < -0.3 is 11.1 Å². The number of sulfone groups is 1. The zero-order valence-corrected chi connectivity index (χ0v) is 16.0. The Morgan fingerprint density at radius 2 is 1.50 bits per heavy atom. The fourth-order valence-electron chi connectivity index (χ4n) is 2.54. The molecule has 1 amide bonds. The maximum atomic E-state index is 12.8. The number of nitrogen functional groups attached to an aromatic ring is 1. The zero-order chi connectivity index (χ0) is 20.1. The topological polar surface area (TPSA) is 102 Å². The van der Waals surface area contributed by atoms with Crippen LogP contribution in [0.4, 0.5) is 17.1 Å². The van der Waals surface area contributed by atoms with E-state index < -0.39 is 9.84 Å². The van der Waals surface area contributed by atoms with Crippen LogP contribution in [0.3, 0.4) is 0 Å². The second-order valence-electron chi connectivity index (χ2n) is 6.09. The van der Waals surface area contributed by atoms with Crippen LogP contribution in [-0.4, -0.2) is 20.5 Å². The van der Waals surface area contributed by atoms with Gasteiger partial charge in [-0.05, 0) is 54.6 Å². The molecular formula is C21H19N3O3S. The lowest BCUT2D eigenvalue weighted by molar-refractivity contribution is -0.114. The minimum absolute atomic E-state index is 0.148. The van der Waals surface area contributed by atoms with Crippen molar-refractivity contribution in [3.05, 3.63) is 78.4 Å². The zero-order valence-electron chi connectivity index (χ0n) is 15.2. The van der Waals surface area contributed by atoms with Crippen molar-refractivity contribution in [3.8, 4) is 0 Å². The van der Waals surface area contributed by atoms with E-state index in [2.05, 4.69) is 10.3 Å². The van der Waals surface area contributed by atoms with Crippen LogP contribution in [-0.2, 0) is 14.6 Å². The average molecular weight is 393 g/mol. The molecule has 3 aromatic carbocycles. The summed E-state index contributed by atoms with van der Waals surface area (Å²) in [5, 5.41) is 2.60. The lowest BCUT2D eigenvalue weighted by Crippen LogP contribution is -2.06. The molecule has 0 aliphatic rings. The predicted octanol–water partition coefficient (Wildman–Crippen LogP) is 3.81. The van der Waals surface area contributed by atoms with E-state index in [-0.39, 0.29) is 15.7 Å². The summed E-state index contributed by atoms with van der Waals surface area (Å²) in [7, 11) is -3.66. The second kappa shape index (κ2) is 8.06. The molecule has 0 fully saturated rings. The molecule has 0 aromatic heterocycles. The van der Waals surface area contributed by atoms with Gasteiger partial charge in [0.05, 0.1) is 15.5 Å². The highest BCUT2D eigenvalue weighted by molar-refractivity contribution is 7.91. The lowest BCUT2D eigenvalue weighted by atomic mass is 10.2. The fraction of sp³-hybridized carbons (Fsp3) is 0.0476. The highest BCUT2D eigenvalue weighted by atomic mass is 32.2. The second-order valence-corrected chi connectivity index (χ2v) is 8.04. The molecule has 0 heterocycles. The van der Waals surface area contributed by atoms with Crippen molar-refractivity contribution in [2.24, 2.45) is 4.99 Å². The first-order valence-electron chi connectivity index (χ1n) is 8.47. The van der Waals surface area contributed by atoms with E-state index in [0.29, 0.717) is 17.1 Å². The number of para-hydroxylation sites is 1. The summed E-state index contributed by atoms with van der Waals surface area (Å²) in [6, 6.07) is 19.7. The molecule has 28 heavy (non-hydrogen) atoms. The molecule has 0 atom stereocenters. The Hall–Kier alpha value is -3.45. The molecule has 0 bridgehead atoms.